The molecule has 0 heterocycles. The van der Waals surface area contributed by atoms with Gasteiger partial charge < -0.3 is 112 Å². The Morgan fingerprint density at radius 2 is 0.446 bits per heavy atom. The van der Waals surface area contributed by atoms with Crippen LogP contribution in [0.5, 0.6) is 115 Å². The summed E-state index contributed by atoms with van der Waals surface area (Å²) < 4.78 is 0. The summed E-state index contributed by atoms with van der Waals surface area (Å²) in [4.78, 5) is 2.31. The predicted octanol–water partition coefficient (Wildman–Crippen LogP) is 8.97. The summed E-state index contributed by atoms with van der Waals surface area (Å²) in [6.45, 7) is 0. The van der Waals surface area contributed by atoms with Crippen LogP contribution in [0.4, 0.5) is 34.1 Å². The average molecular weight is 1010 g/mol. The van der Waals surface area contributed by atoms with Gasteiger partial charge in [0.2, 0.25) is 69.0 Å². The van der Waals surface area contributed by atoms with Crippen molar-refractivity contribution < 1.29 is 102 Å². The number of hydrogen-bond donors (Lipinski definition) is 20. The van der Waals surface area contributed by atoms with E-state index in [0.29, 0.717) is 32.3 Å². The van der Waals surface area contributed by atoms with E-state index in [1.54, 1.807) is 36.4 Å². The molecule has 20 N–H and O–H groups in total. The van der Waals surface area contributed by atoms with E-state index in [2.05, 4.69) is 0 Å². The molecular formula is C52H36N2O20. The first-order valence-electron chi connectivity index (χ1n) is 21.3. The fourth-order valence-electron chi connectivity index (χ4n) is 9.18. The number of rotatable bonds is 8. The van der Waals surface area contributed by atoms with Gasteiger partial charge in [0.05, 0.1) is 22.5 Å². The third-order valence-electron chi connectivity index (χ3n) is 12.8. The molecule has 0 fully saturated rings. The molecule has 0 aromatic heterocycles. The Labute approximate surface area is 411 Å². The Hall–Kier alpha value is -11.2. The van der Waals surface area contributed by atoms with Crippen LogP contribution < -0.4 is 9.80 Å². The van der Waals surface area contributed by atoms with E-state index >= 15 is 0 Å². The van der Waals surface area contributed by atoms with Gasteiger partial charge in [-0.2, -0.15) is 0 Å². The molecule has 0 aliphatic rings. The van der Waals surface area contributed by atoms with Gasteiger partial charge in [0.15, 0.2) is 46.0 Å². The van der Waals surface area contributed by atoms with Crippen LogP contribution in [-0.2, 0) is 0 Å². The van der Waals surface area contributed by atoms with Gasteiger partial charge >= 0.3 is 0 Å². The maximum absolute atomic E-state index is 11.4. The molecule has 74 heavy (non-hydrogen) atoms. The van der Waals surface area contributed by atoms with Crippen molar-refractivity contribution >= 4 is 66.4 Å². The first kappa shape index (κ1) is 46.6. The van der Waals surface area contributed by atoms with Gasteiger partial charge in [-0.25, -0.2) is 0 Å². The van der Waals surface area contributed by atoms with Gasteiger partial charge in [-0.15, -0.1) is 0 Å². The maximum Gasteiger partial charge on any atom is 0.208 e. The third-order valence-corrected chi connectivity index (χ3v) is 12.8. The topological polar surface area (TPSA) is 411 Å². The summed E-state index contributed by atoms with van der Waals surface area (Å²) >= 11 is 0. The van der Waals surface area contributed by atoms with E-state index in [1.807, 2.05) is 0 Å². The fourth-order valence-corrected chi connectivity index (χ4v) is 9.18. The second-order valence-corrected chi connectivity index (χ2v) is 16.8. The summed E-state index contributed by atoms with van der Waals surface area (Å²) in [5.74, 6) is -23.2. The first-order valence-corrected chi connectivity index (χ1v) is 21.3. The highest BCUT2D eigenvalue weighted by Crippen LogP contribution is 2.62. The Morgan fingerprint density at radius 1 is 0.216 bits per heavy atom. The van der Waals surface area contributed by atoms with Crippen molar-refractivity contribution in [3.05, 3.63) is 97.1 Å². The largest absolute Gasteiger partial charge is 0.504 e. The Bertz CT molecular complexity index is 3650. The Kier molecular flexibility index (Phi) is 10.2. The zero-order valence-electron chi connectivity index (χ0n) is 37.1. The van der Waals surface area contributed by atoms with Crippen molar-refractivity contribution in [1.82, 2.24) is 0 Å². The number of phenolic OH excluding ortho intramolecular Hbond substituents is 20. The molecule has 10 aromatic carbocycles. The van der Waals surface area contributed by atoms with Gasteiger partial charge in [0.25, 0.3) is 0 Å². The van der Waals surface area contributed by atoms with Gasteiger partial charge in [0, 0.05) is 22.1 Å². The number of anilines is 6. The van der Waals surface area contributed by atoms with Gasteiger partial charge in [-0.3, -0.25) is 0 Å². The molecule has 0 aliphatic carbocycles. The van der Waals surface area contributed by atoms with Crippen LogP contribution in [0.1, 0.15) is 0 Å². The second-order valence-electron chi connectivity index (χ2n) is 16.8. The van der Waals surface area contributed by atoms with Crippen LogP contribution in [0.2, 0.25) is 0 Å². The SMILES string of the molecule is Oc1c(O)c(O)c(-c2ccc(N(c3c(O)c(O)c(O)c(O)c3O)c3ccc4ccc5c(N(c6ccc(-c7c(O)c(O)c(O)c(O)c7O)cc6)c6c(O)c(O)c(O)c(O)c6O)ccc6ccc3c4c65)cc2)c(O)c1O. The molecule has 374 valence electrons. The Morgan fingerprint density at radius 3 is 0.716 bits per heavy atom. The van der Waals surface area contributed by atoms with Crippen LogP contribution in [0.25, 0.3) is 54.6 Å². The van der Waals surface area contributed by atoms with Crippen LogP contribution in [0, 0.1) is 0 Å². The van der Waals surface area contributed by atoms with E-state index in [1.165, 1.54) is 60.7 Å². The number of benzene rings is 10. The van der Waals surface area contributed by atoms with Gasteiger partial charge in [-0.1, -0.05) is 60.7 Å². The lowest BCUT2D eigenvalue weighted by Gasteiger charge is -2.30. The fraction of sp³-hybridized carbons (Fsp3) is 0. The second kappa shape index (κ2) is 16.2. The quantitative estimate of drug-likeness (QED) is 0.0383. The molecule has 0 radical (unpaired) electrons. The molecule has 0 atom stereocenters. The molecule has 0 amide bonds. The molecule has 0 unspecified atom stereocenters. The molecule has 0 bridgehead atoms. The van der Waals surface area contributed by atoms with E-state index < -0.39 is 137 Å². The van der Waals surface area contributed by atoms with Crippen LogP contribution >= 0.6 is 0 Å². The summed E-state index contributed by atoms with van der Waals surface area (Å²) in [7, 11) is 0. The minimum absolute atomic E-state index is 0.00218. The third kappa shape index (κ3) is 6.38. The molecule has 10 aromatic rings. The minimum Gasteiger partial charge on any atom is -0.504 e. The lowest BCUT2D eigenvalue weighted by molar-refractivity contribution is 0.329. The number of aromatic hydroxyl groups is 20. The minimum atomic E-state index is -1.28. The average Bonchev–Trinajstić information content (AvgIpc) is 3.41. The summed E-state index contributed by atoms with van der Waals surface area (Å²) in [6, 6.07) is 23.1. The number of hydrogen-bond acceptors (Lipinski definition) is 22. The highest BCUT2D eigenvalue weighted by atomic mass is 16.4. The number of phenols is 20. The van der Waals surface area contributed by atoms with Crippen molar-refractivity contribution in [1.29, 1.82) is 0 Å². The molecule has 22 heteroatoms. The lowest BCUT2D eigenvalue weighted by Crippen LogP contribution is -2.12. The van der Waals surface area contributed by atoms with Crippen LogP contribution in [0.15, 0.2) is 97.1 Å². The number of nitrogens with zero attached hydrogens (tertiary/aromatic N) is 2. The highest BCUT2D eigenvalue weighted by Gasteiger charge is 2.34. The smallest absolute Gasteiger partial charge is 0.208 e. The molecule has 10 rings (SSSR count). The molecule has 0 saturated carbocycles. The van der Waals surface area contributed by atoms with Gasteiger partial charge in [-0.05, 0) is 69.1 Å². The predicted molar refractivity (Wildman–Crippen MR) is 264 cm³/mol. The maximum atomic E-state index is 11.4. The Balaban J connectivity index is 1.23. The van der Waals surface area contributed by atoms with Crippen molar-refractivity contribution in [2.45, 2.75) is 0 Å². The van der Waals surface area contributed by atoms with Crippen molar-refractivity contribution in [3.8, 4) is 137 Å². The van der Waals surface area contributed by atoms with Crippen molar-refractivity contribution in [2.24, 2.45) is 0 Å². The standard InChI is InChI=1S/C52H36N2O20/c55-33-29(34(56)42(64)49(71)41(33)63)19-1-9-21(10-2-19)53(31-37(59)45(67)51(73)46(68)38(31)60)25-15-7-17-6-14-24-26(16-8-18-5-13-23(25)27(17)28(18)24)54(32-39(61)47(69)52(74)48(70)40(32)62)22-11-3-20(4-12-22)30-35(57)43(65)50(72)44(66)36(30)58/h1-16,55-74H. The molecule has 0 aliphatic heterocycles. The zero-order chi connectivity index (χ0) is 53.3. The van der Waals surface area contributed by atoms with Crippen LogP contribution in [-0.4, -0.2) is 102 Å². The van der Waals surface area contributed by atoms with Gasteiger partial charge in [0.1, 0.15) is 11.4 Å². The lowest BCUT2D eigenvalue weighted by atomic mass is 9.91. The van der Waals surface area contributed by atoms with Crippen LogP contribution in [0.3, 0.4) is 0 Å². The van der Waals surface area contributed by atoms with E-state index in [9.17, 15) is 102 Å². The zero-order valence-corrected chi connectivity index (χ0v) is 37.1. The monoisotopic (exact) mass is 1010 g/mol. The highest BCUT2D eigenvalue weighted by molar-refractivity contribution is 6.28. The summed E-state index contributed by atoms with van der Waals surface area (Å²) in [5, 5.41) is 216. The summed E-state index contributed by atoms with van der Waals surface area (Å²) in [6.07, 6.45) is 0. The van der Waals surface area contributed by atoms with E-state index in [-0.39, 0.29) is 33.9 Å². The molecule has 22 nitrogen and oxygen atoms in total. The van der Waals surface area contributed by atoms with E-state index in [4.69, 9.17) is 0 Å². The van der Waals surface area contributed by atoms with Crippen molar-refractivity contribution in [2.75, 3.05) is 9.80 Å². The first-order chi connectivity index (χ1) is 35.1. The van der Waals surface area contributed by atoms with E-state index in [0.717, 1.165) is 9.80 Å². The molecular weight excluding hydrogens is 973 g/mol. The molecule has 0 saturated heterocycles. The molecule has 0 spiro atoms. The summed E-state index contributed by atoms with van der Waals surface area (Å²) in [5.41, 5.74) is -2.42. The van der Waals surface area contributed by atoms with Crippen molar-refractivity contribution in [3.63, 3.8) is 0 Å². The normalized spacial score (nSPS) is 11.5.